The van der Waals surface area contributed by atoms with E-state index >= 15 is 0 Å². The molecule has 2 heteroatoms. The Labute approximate surface area is 98.0 Å². The summed E-state index contributed by atoms with van der Waals surface area (Å²) in [6.45, 7) is 1.07. The first kappa shape index (κ1) is 11.2. The van der Waals surface area contributed by atoms with E-state index in [-0.39, 0.29) is 0 Å². The van der Waals surface area contributed by atoms with E-state index in [1.54, 1.807) is 5.57 Å². The third-order valence-corrected chi connectivity index (χ3v) is 3.19. The number of nitrogens with zero attached hydrogens (tertiary/aromatic N) is 2. The van der Waals surface area contributed by atoms with Gasteiger partial charge in [-0.15, -0.1) is 0 Å². The monoisotopic (exact) mass is 216 g/mol. The summed E-state index contributed by atoms with van der Waals surface area (Å²) in [4.78, 5) is 6.58. The molecule has 86 valence electrons. The molecule has 0 unspecified atom stereocenters. The zero-order chi connectivity index (χ0) is 11.2. The first-order valence-electron chi connectivity index (χ1n) is 6.16. The molecule has 0 atom stereocenters. The number of anilines is 1. The molecule has 0 aliphatic heterocycles. The van der Waals surface area contributed by atoms with E-state index in [0.29, 0.717) is 0 Å². The Hall–Kier alpha value is -1.31. The fourth-order valence-electron chi connectivity index (χ4n) is 2.14. The summed E-state index contributed by atoms with van der Waals surface area (Å²) < 4.78 is 0. The lowest BCUT2D eigenvalue weighted by Crippen LogP contribution is -2.20. The van der Waals surface area contributed by atoms with Crippen molar-refractivity contribution in [2.45, 2.75) is 32.1 Å². The molecule has 0 saturated heterocycles. The topological polar surface area (TPSA) is 16.1 Å². The predicted octanol–water partition coefficient (Wildman–Crippen LogP) is 3.41. The van der Waals surface area contributed by atoms with Gasteiger partial charge < -0.3 is 4.90 Å². The fourth-order valence-corrected chi connectivity index (χ4v) is 2.14. The molecule has 1 heterocycles. The fraction of sp³-hybridized carbons (Fsp3) is 0.500. The summed E-state index contributed by atoms with van der Waals surface area (Å²) in [5, 5.41) is 0. The molecule has 0 aromatic carbocycles. The Morgan fingerprint density at radius 2 is 2.25 bits per heavy atom. The first-order chi connectivity index (χ1) is 7.86. The standard InChI is InChI=1S/C14H20N2/c1-16(14-9-5-6-11-15-14)12-10-13-7-3-2-4-8-13/h5-7,9,11H,2-4,8,10,12H2,1H3. The Balaban J connectivity index is 1.84. The van der Waals surface area contributed by atoms with Crippen molar-refractivity contribution < 1.29 is 0 Å². The molecular weight excluding hydrogens is 196 g/mol. The van der Waals surface area contributed by atoms with Crippen LogP contribution in [0.15, 0.2) is 36.0 Å². The molecule has 1 aromatic heterocycles. The maximum atomic E-state index is 4.35. The Morgan fingerprint density at radius 3 is 2.94 bits per heavy atom. The van der Waals surface area contributed by atoms with Crippen molar-refractivity contribution in [2.24, 2.45) is 0 Å². The second kappa shape index (κ2) is 5.69. The van der Waals surface area contributed by atoms with E-state index in [1.165, 1.54) is 32.1 Å². The average molecular weight is 216 g/mol. The van der Waals surface area contributed by atoms with Crippen LogP contribution in [0.4, 0.5) is 5.82 Å². The minimum atomic E-state index is 1.07. The van der Waals surface area contributed by atoms with Gasteiger partial charge in [0.05, 0.1) is 0 Å². The predicted molar refractivity (Wildman–Crippen MR) is 68.7 cm³/mol. The summed E-state index contributed by atoms with van der Waals surface area (Å²) in [7, 11) is 2.12. The van der Waals surface area contributed by atoms with Crippen molar-refractivity contribution in [2.75, 3.05) is 18.5 Å². The highest BCUT2D eigenvalue weighted by atomic mass is 15.2. The van der Waals surface area contributed by atoms with E-state index < -0.39 is 0 Å². The van der Waals surface area contributed by atoms with Crippen molar-refractivity contribution >= 4 is 5.82 Å². The zero-order valence-electron chi connectivity index (χ0n) is 10.0. The van der Waals surface area contributed by atoms with E-state index in [4.69, 9.17) is 0 Å². The smallest absolute Gasteiger partial charge is 0.128 e. The third-order valence-electron chi connectivity index (χ3n) is 3.19. The minimum Gasteiger partial charge on any atom is -0.359 e. The van der Waals surface area contributed by atoms with Crippen molar-refractivity contribution in [1.82, 2.24) is 4.98 Å². The minimum absolute atomic E-state index is 1.07. The molecule has 1 aromatic rings. The molecule has 1 aliphatic rings. The molecule has 0 spiro atoms. The highest BCUT2D eigenvalue weighted by Crippen LogP contribution is 2.20. The number of allylic oxidation sites excluding steroid dienone is 1. The molecule has 2 nitrogen and oxygen atoms in total. The molecule has 0 N–H and O–H groups in total. The number of rotatable bonds is 4. The van der Waals surface area contributed by atoms with Crippen molar-refractivity contribution in [1.29, 1.82) is 0 Å². The van der Waals surface area contributed by atoms with Gasteiger partial charge in [0.2, 0.25) is 0 Å². The molecule has 1 aliphatic carbocycles. The molecular formula is C14H20N2. The molecule has 0 fully saturated rings. The van der Waals surface area contributed by atoms with Crippen molar-refractivity contribution in [3.05, 3.63) is 36.0 Å². The van der Waals surface area contributed by atoms with E-state index in [2.05, 4.69) is 29.1 Å². The maximum absolute atomic E-state index is 4.35. The van der Waals surface area contributed by atoms with Gasteiger partial charge in [-0.2, -0.15) is 0 Å². The van der Waals surface area contributed by atoms with Gasteiger partial charge in [0.15, 0.2) is 0 Å². The summed E-state index contributed by atoms with van der Waals surface area (Å²) in [6, 6.07) is 6.06. The van der Waals surface area contributed by atoms with E-state index in [9.17, 15) is 0 Å². The second-order valence-corrected chi connectivity index (χ2v) is 4.47. The Morgan fingerprint density at radius 1 is 1.31 bits per heavy atom. The molecule has 0 amide bonds. The van der Waals surface area contributed by atoms with Crippen molar-refractivity contribution in [3.63, 3.8) is 0 Å². The van der Waals surface area contributed by atoms with Gasteiger partial charge in [-0.3, -0.25) is 0 Å². The lowest BCUT2D eigenvalue weighted by molar-refractivity contribution is 0.670. The summed E-state index contributed by atoms with van der Waals surface area (Å²) >= 11 is 0. The number of hydrogen-bond donors (Lipinski definition) is 0. The van der Waals surface area contributed by atoms with Gasteiger partial charge in [0.25, 0.3) is 0 Å². The van der Waals surface area contributed by atoms with Gasteiger partial charge in [-0.25, -0.2) is 4.98 Å². The molecule has 0 saturated carbocycles. The van der Waals surface area contributed by atoms with Gasteiger partial charge >= 0.3 is 0 Å². The molecule has 2 rings (SSSR count). The van der Waals surface area contributed by atoms with Gasteiger partial charge in [-0.1, -0.05) is 17.7 Å². The van der Waals surface area contributed by atoms with Gasteiger partial charge in [0.1, 0.15) is 5.82 Å². The largest absolute Gasteiger partial charge is 0.359 e. The van der Waals surface area contributed by atoms with Crippen LogP contribution in [-0.4, -0.2) is 18.6 Å². The zero-order valence-corrected chi connectivity index (χ0v) is 10.0. The van der Waals surface area contributed by atoms with Gasteiger partial charge in [0, 0.05) is 19.8 Å². The van der Waals surface area contributed by atoms with Crippen LogP contribution in [-0.2, 0) is 0 Å². The van der Waals surface area contributed by atoms with Crippen LogP contribution in [0.1, 0.15) is 32.1 Å². The molecule has 16 heavy (non-hydrogen) atoms. The maximum Gasteiger partial charge on any atom is 0.128 e. The highest BCUT2D eigenvalue weighted by molar-refractivity contribution is 5.36. The summed E-state index contributed by atoms with van der Waals surface area (Å²) in [6.07, 6.45) is 10.8. The van der Waals surface area contributed by atoms with E-state index in [1.807, 2.05) is 18.3 Å². The SMILES string of the molecule is CN(CCC1=CCCCC1)c1ccccn1. The number of pyridine rings is 1. The lowest BCUT2D eigenvalue weighted by Gasteiger charge is -2.20. The number of hydrogen-bond acceptors (Lipinski definition) is 2. The van der Waals surface area contributed by atoms with Crippen LogP contribution in [0, 0.1) is 0 Å². The number of aromatic nitrogens is 1. The van der Waals surface area contributed by atoms with Crippen LogP contribution in [0.3, 0.4) is 0 Å². The summed E-state index contributed by atoms with van der Waals surface area (Å²) in [5.74, 6) is 1.07. The average Bonchev–Trinajstić information content (AvgIpc) is 2.38. The summed E-state index contributed by atoms with van der Waals surface area (Å²) in [5.41, 5.74) is 1.63. The van der Waals surface area contributed by atoms with Crippen LogP contribution in [0.5, 0.6) is 0 Å². The second-order valence-electron chi connectivity index (χ2n) is 4.47. The molecule has 0 radical (unpaired) electrons. The van der Waals surface area contributed by atoms with E-state index in [0.717, 1.165) is 12.4 Å². The Kier molecular flexibility index (Phi) is 3.97. The van der Waals surface area contributed by atoms with Crippen molar-refractivity contribution in [3.8, 4) is 0 Å². The quantitative estimate of drug-likeness (QED) is 0.717. The van der Waals surface area contributed by atoms with Crippen LogP contribution >= 0.6 is 0 Å². The lowest BCUT2D eigenvalue weighted by atomic mass is 9.97. The first-order valence-corrected chi connectivity index (χ1v) is 6.16. The van der Waals surface area contributed by atoms with Crippen LogP contribution in [0.2, 0.25) is 0 Å². The highest BCUT2D eigenvalue weighted by Gasteiger charge is 2.06. The molecule has 0 bridgehead atoms. The third kappa shape index (κ3) is 3.09. The van der Waals surface area contributed by atoms with Crippen LogP contribution in [0.25, 0.3) is 0 Å². The van der Waals surface area contributed by atoms with Gasteiger partial charge in [-0.05, 0) is 44.2 Å². The van der Waals surface area contributed by atoms with Crippen LogP contribution < -0.4 is 4.90 Å². The normalized spacial score (nSPS) is 15.7. The Bertz CT molecular complexity index is 343.